The van der Waals surface area contributed by atoms with Crippen molar-refractivity contribution in [1.29, 1.82) is 0 Å². The number of carbonyl (C=O) groups excluding carboxylic acids is 2. The second kappa shape index (κ2) is 10.4. The standard InChI is InChI=1S/C14H20N2O3.C2HF3O2/c1-10(15)13(17)16(11(2)14(18)19-3)9-12-7-5-4-6-8-12;3-2(4,5)1(6)7/h4-8,10-11H,9,15H2,1-3H3;(H,6,7). The van der Waals surface area contributed by atoms with Crippen LogP contribution in [0.1, 0.15) is 19.4 Å². The fourth-order valence-corrected chi connectivity index (χ4v) is 1.75. The molecule has 2 atom stereocenters. The number of halogens is 3. The molecule has 0 aliphatic carbocycles. The minimum Gasteiger partial charge on any atom is -0.475 e. The quantitative estimate of drug-likeness (QED) is 0.753. The molecule has 10 heteroatoms. The Hall–Kier alpha value is -2.62. The van der Waals surface area contributed by atoms with E-state index in [1.54, 1.807) is 13.8 Å². The van der Waals surface area contributed by atoms with E-state index in [0.717, 1.165) is 5.56 Å². The maximum atomic E-state index is 12.1. The molecule has 1 rings (SSSR count). The van der Waals surface area contributed by atoms with Crippen LogP contribution in [0.15, 0.2) is 30.3 Å². The van der Waals surface area contributed by atoms with Gasteiger partial charge in [0.2, 0.25) is 5.91 Å². The summed E-state index contributed by atoms with van der Waals surface area (Å²) >= 11 is 0. The Morgan fingerprint density at radius 1 is 1.19 bits per heavy atom. The molecule has 0 aliphatic heterocycles. The van der Waals surface area contributed by atoms with E-state index in [9.17, 15) is 22.8 Å². The smallest absolute Gasteiger partial charge is 0.475 e. The number of nitrogens with two attached hydrogens (primary N) is 1. The predicted octanol–water partition coefficient (Wildman–Crippen LogP) is 1.56. The zero-order valence-corrected chi connectivity index (χ0v) is 14.5. The van der Waals surface area contributed by atoms with Crippen molar-refractivity contribution in [2.45, 2.75) is 38.7 Å². The summed E-state index contributed by atoms with van der Waals surface area (Å²) in [4.78, 5) is 34.0. The highest BCUT2D eigenvalue weighted by atomic mass is 19.4. The number of rotatable bonds is 5. The summed E-state index contributed by atoms with van der Waals surface area (Å²) in [5.74, 6) is -3.49. The van der Waals surface area contributed by atoms with E-state index in [0.29, 0.717) is 6.54 Å². The third kappa shape index (κ3) is 7.97. The van der Waals surface area contributed by atoms with E-state index >= 15 is 0 Å². The van der Waals surface area contributed by atoms with Crippen molar-refractivity contribution in [2.75, 3.05) is 7.11 Å². The van der Waals surface area contributed by atoms with E-state index in [1.165, 1.54) is 12.0 Å². The molecule has 3 N–H and O–H groups in total. The molecule has 1 aromatic carbocycles. The average Bonchev–Trinajstić information content (AvgIpc) is 2.58. The first kappa shape index (κ1) is 23.4. The van der Waals surface area contributed by atoms with E-state index in [-0.39, 0.29) is 5.91 Å². The number of ether oxygens (including phenoxy) is 1. The van der Waals surface area contributed by atoms with Crippen molar-refractivity contribution in [3.63, 3.8) is 0 Å². The van der Waals surface area contributed by atoms with Crippen molar-refractivity contribution in [2.24, 2.45) is 5.73 Å². The van der Waals surface area contributed by atoms with Gasteiger partial charge in [-0.25, -0.2) is 9.59 Å². The van der Waals surface area contributed by atoms with Crippen molar-refractivity contribution in [3.8, 4) is 0 Å². The molecular formula is C16H21F3N2O5. The van der Waals surface area contributed by atoms with Gasteiger partial charge in [-0.1, -0.05) is 30.3 Å². The molecule has 1 aromatic rings. The SMILES string of the molecule is COC(=O)C(C)N(Cc1ccccc1)C(=O)C(C)N.O=C(O)C(F)(F)F. The first-order chi connectivity index (χ1) is 11.9. The highest BCUT2D eigenvalue weighted by molar-refractivity contribution is 5.87. The lowest BCUT2D eigenvalue weighted by Crippen LogP contribution is -2.49. The number of methoxy groups -OCH3 is 1. The first-order valence-corrected chi connectivity index (χ1v) is 7.39. The number of benzene rings is 1. The summed E-state index contributed by atoms with van der Waals surface area (Å²) in [6, 6.07) is 8.13. The van der Waals surface area contributed by atoms with Crippen LogP contribution in [0.25, 0.3) is 0 Å². The molecule has 0 aromatic heterocycles. The third-order valence-corrected chi connectivity index (χ3v) is 3.12. The van der Waals surface area contributed by atoms with Gasteiger partial charge < -0.3 is 20.5 Å². The van der Waals surface area contributed by atoms with Gasteiger partial charge in [-0.3, -0.25) is 4.79 Å². The number of carboxylic acid groups (broad SMARTS) is 1. The third-order valence-electron chi connectivity index (χ3n) is 3.12. The van der Waals surface area contributed by atoms with Crippen LogP contribution in [0.2, 0.25) is 0 Å². The summed E-state index contributed by atoms with van der Waals surface area (Å²) in [6.45, 7) is 3.57. The lowest BCUT2D eigenvalue weighted by atomic mass is 10.1. The highest BCUT2D eigenvalue weighted by Crippen LogP contribution is 2.13. The van der Waals surface area contributed by atoms with Gasteiger partial charge in [0.25, 0.3) is 0 Å². The van der Waals surface area contributed by atoms with Crippen LogP contribution in [0.5, 0.6) is 0 Å². The Balaban J connectivity index is 0.000000758. The fourth-order valence-electron chi connectivity index (χ4n) is 1.75. The second-order valence-electron chi connectivity index (χ2n) is 5.24. The Morgan fingerprint density at radius 2 is 1.65 bits per heavy atom. The molecule has 0 radical (unpaired) electrons. The molecule has 0 heterocycles. The number of esters is 1. The zero-order valence-electron chi connectivity index (χ0n) is 14.5. The minimum absolute atomic E-state index is 0.276. The van der Waals surface area contributed by atoms with Crippen LogP contribution < -0.4 is 5.73 Å². The van der Waals surface area contributed by atoms with E-state index in [2.05, 4.69) is 4.74 Å². The molecule has 2 unspecified atom stereocenters. The lowest BCUT2D eigenvalue weighted by Gasteiger charge is -2.29. The highest BCUT2D eigenvalue weighted by Gasteiger charge is 2.38. The number of hydrogen-bond donors (Lipinski definition) is 2. The maximum Gasteiger partial charge on any atom is 0.490 e. The molecule has 0 spiro atoms. The molecule has 0 fully saturated rings. The molecule has 0 bridgehead atoms. The zero-order chi connectivity index (χ0) is 20.5. The number of carboxylic acids is 1. The van der Waals surface area contributed by atoms with E-state index in [4.69, 9.17) is 15.6 Å². The molecule has 26 heavy (non-hydrogen) atoms. The van der Waals surface area contributed by atoms with Crippen molar-refractivity contribution in [1.82, 2.24) is 4.90 Å². The molecular weight excluding hydrogens is 357 g/mol. The van der Waals surface area contributed by atoms with Gasteiger partial charge in [-0.05, 0) is 19.4 Å². The molecule has 146 valence electrons. The Morgan fingerprint density at radius 3 is 2.00 bits per heavy atom. The number of amides is 1. The van der Waals surface area contributed by atoms with Crippen LogP contribution in [-0.4, -0.2) is 53.2 Å². The van der Waals surface area contributed by atoms with Crippen LogP contribution in [-0.2, 0) is 25.7 Å². The maximum absolute atomic E-state index is 12.1. The summed E-state index contributed by atoms with van der Waals surface area (Å²) in [6.07, 6.45) is -5.08. The first-order valence-electron chi connectivity index (χ1n) is 7.39. The van der Waals surface area contributed by atoms with Gasteiger partial charge in [0.15, 0.2) is 0 Å². The summed E-state index contributed by atoms with van der Waals surface area (Å²) in [5, 5.41) is 7.12. The minimum atomic E-state index is -5.08. The van der Waals surface area contributed by atoms with Gasteiger partial charge >= 0.3 is 18.1 Å². The molecule has 1 amide bonds. The molecule has 7 nitrogen and oxygen atoms in total. The largest absolute Gasteiger partial charge is 0.490 e. The molecule has 0 saturated carbocycles. The Bertz CT molecular complexity index is 606. The Labute approximate surface area is 148 Å². The van der Waals surface area contributed by atoms with E-state index in [1.807, 2.05) is 30.3 Å². The van der Waals surface area contributed by atoms with Gasteiger partial charge in [-0.2, -0.15) is 13.2 Å². The van der Waals surface area contributed by atoms with Gasteiger partial charge in [-0.15, -0.1) is 0 Å². The summed E-state index contributed by atoms with van der Waals surface area (Å²) < 4.78 is 36.4. The van der Waals surface area contributed by atoms with Crippen LogP contribution in [0.3, 0.4) is 0 Å². The van der Waals surface area contributed by atoms with Gasteiger partial charge in [0.05, 0.1) is 13.2 Å². The number of aliphatic carboxylic acids is 1. The van der Waals surface area contributed by atoms with Crippen LogP contribution in [0, 0.1) is 0 Å². The van der Waals surface area contributed by atoms with Gasteiger partial charge in [0, 0.05) is 6.54 Å². The monoisotopic (exact) mass is 378 g/mol. The van der Waals surface area contributed by atoms with Crippen molar-refractivity contribution < 1.29 is 37.4 Å². The number of nitrogens with zero attached hydrogens (tertiary/aromatic N) is 1. The van der Waals surface area contributed by atoms with Crippen molar-refractivity contribution >= 4 is 17.8 Å². The normalized spacial score (nSPS) is 12.9. The average molecular weight is 378 g/mol. The van der Waals surface area contributed by atoms with Crippen LogP contribution >= 0.6 is 0 Å². The summed E-state index contributed by atoms with van der Waals surface area (Å²) in [7, 11) is 1.30. The van der Waals surface area contributed by atoms with Gasteiger partial charge in [0.1, 0.15) is 6.04 Å². The number of hydrogen-bond acceptors (Lipinski definition) is 5. The van der Waals surface area contributed by atoms with E-state index < -0.39 is 30.2 Å². The Kier molecular flexibility index (Phi) is 9.34. The van der Waals surface area contributed by atoms with Crippen LogP contribution in [0.4, 0.5) is 13.2 Å². The molecule has 0 aliphatic rings. The topological polar surface area (TPSA) is 110 Å². The second-order valence-corrected chi connectivity index (χ2v) is 5.24. The predicted molar refractivity (Wildman–Crippen MR) is 85.8 cm³/mol. The number of alkyl halides is 3. The van der Waals surface area contributed by atoms with Crippen molar-refractivity contribution in [3.05, 3.63) is 35.9 Å². The lowest BCUT2D eigenvalue weighted by molar-refractivity contribution is -0.192. The molecule has 0 saturated heterocycles. The fraction of sp³-hybridized carbons (Fsp3) is 0.438. The summed E-state index contributed by atoms with van der Waals surface area (Å²) in [5.41, 5.74) is 6.56. The number of carbonyl (C=O) groups is 3.